The van der Waals surface area contributed by atoms with Crippen molar-refractivity contribution in [1.29, 1.82) is 0 Å². The van der Waals surface area contributed by atoms with Gasteiger partial charge in [-0.05, 0) is 31.0 Å². The number of nitrogens with zero attached hydrogens (tertiary/aromatic N) is 2. The second-order valence-electron chi connectivity index (χ2n) is 6.07. The summed E-state index contributed by atoms with van der Waals surface area (Å²) >= 11 is 0. The van der Waals surface area contributed by atoms with E-state index in [4.69, 9.17) is 9.52 Å². The van der Waals surface area contributed by atoms with Gasteiger partial charge < -0.3 is 14.8 Å². The number of aryl methyl sites for hydroxylation is 1. The first-order chi connectivity index (χ1) is 11.2. The normalized spacial score (nSPS) is 12.8. The van der Waals surface area contributed by atoms with Crippen molar-refractivity contribution in [2.24, 2.45) is 13.0 Å². The van der Waals surface area contributed by atoms with E-state index in [0.717, 1.165) is 47.5 Å². The van der Waals surface area contributed by atoms with E-state index in [1.165, 1.54) is 0 Å². The molecule has 1 atom stereocenters. The fourth-order valence-electron chi connectivity index (χ4n) is 2.75. The Morgan fingerprint density at radius 3 is 2.96 bits per heavy atom. The molecule has 0 radical (unpaired) electrons. The summed E-state index contributed by atoms with van der Waals surface area (Å²) in [5.74, 6) is 1.25. The van der Waals surface area contributed by atoms with E-state index < -0.39 is 0 Å². The molecule has 0 amide bonds. The molecule has 1 aromatic carbocycles. The van der Waals surface area contributed by atoms with Gasteiger partial charge in [0.25, 0.3) is 0 Å². The van der Waals surface area contributed by atoms with Gasteiger partial charge >= 0.3 is 0 Å². The van der Waals surface area contributed by atoms with Crippen molar-refractivity contribution in [2.45, 2.75) is 19.9 Å². The summed E-state index contributed by atoms with van der Waals surface area (Å²) < 4.78 is 7.75. The second kappa shape index (κ2) is 6.98. The molecule has 122 valence electrons. The number of benzene rings is 1. The molecule has 3 rings (SSSR count). The number of nitrogens with one attached hydrogen (secondary N) is 1. The first kappa shape index (κ1) is 15.8. The van der Waals surface area contributed by atoms with Gasteiger partial charge in [-0.1, -0.05) is 25.1 Å². The lowest BCUT2D eigenvalue weighted by Gasteiger charge is -2.10. The van der Waals surface area contributed by atoms with Crippen LogP contribution in [0.3, 0.4) is 0 Å². The van der Waals surface area contributed by atoms with Gasteiger partial charge in [0.2, 0.25) is 0 Å². The fraction of sp³-hybridized carbons (Fsp3) is 0.389. The van der Waals surface area contributed by atoms with Gasteiger partial charge in [0, 0.05) is 37.3 Å². The predicted molar refractivity (Wildman–Crippen MR) is 91.0 cm³/mol. The average Bonchev–Trinajstić information content (AvgIpc) is 3.10. The van der Waals surface area contributed by atoms with E-state index in [2.05, 4.69) is 17.3 Å². The molecule has 0 bridgehead atoms. The third-order valence-electron chi connectivity index (χ3n) is 3.99. The van der Waals surface area contributed by atoms with E-state index in [0.29, 0.717) is 5.92 Å². The Labute approximate surface area is 135 Å². The highest BCUT2D eigenvalue weighted by Crippen LogP contribution is 2.28. The van der Waals surface area contributed by atoms with Crippen LogP contribution in [0.15, 0.2) is 40.9 Å². The number of aliphatic hydroxyl groups excluding tert-OH is 1. The molecule has 5 heteroatoms. The Bertz CT molecular complexity index is 743. The Morgan fingerprint density at radius 2 is 2.17 bits per heavy atom. The van der Waals surface area contributed by atoms with Gasteiger partial charge in [-0.25, -0.2) is 0 Å². The summed E-state index contributed by atoms with van der Waals surface area (Å²) in [7, 11) is 1.92. The van der Waals surface area contributed by atoms with Gasteiger partial charge in [-0.15, -0.1) is 0 Å². The molecule has 2 N–H and O–H groups in total. The number of furan rings is 1. The average molecular weight is 313 g/mol. The molecule has 0 fully saturated rings. The smallest absolute Gasteiger partial charge is 0.156 e. The number of aliphatic hydroxyl groups is 1. The minimum Gasteiger partial charge on any atom is -0.454 e. The third kappa shape index (κ3) is 3.63. The lowest BCUT2D eigenvalue weighted by molar-refractivity contribution is 0.260. The Kier molecular flexibility index (Phi) is 4.79. The van der Waals surface area contributed by atoms with Crippen molar-refractivity contribution in [3.05, 3.63) is 42.1 Å². The Balaban J connectivity index is 1.77. The Morgan fingerprint density at radius 1 is 1.35 bits per heavy atom. The molecular weight excluding hydrogens is 290 g/mol. The number of rotatable bonds is 7. The zero-order valence-electron chi connectivity index (χ0n) is 13.6. The molecule has 0 aliphatic rings. The van der Waals surface area contributed by atoms with Gasteiger partial charge in [0.1, 0.15) is 11.3 Å². The lowest BCUT2D eigenvalue weighted by Crippen LogP contribution is -2.21. The van der Waals surface area contributed by atoms with Crippen LogP contribution in [0.2, 0.25) is 0 Å². The molecule has 0 saturated carbocycles. The highest BCUT2D eigenvalue weighted by Gasteiger charge is 2.14. The molecule has 3 aromatic rings. The number of hydrogen-bond donors (Lipinski definition) is 2. The minimum atomic E-state index is 0.236. The van der Waals surface area contributed by atoms with Crippen LogP contribution in [0, 0.1) is 5.92 Å². The fourth-order valence-corrected chi connectivity index (χ4v) is 2.75. The minimum absolute atomic E-state index is 0.236. The maximum Gasteiger partial charge on any atom is 0.156 e. The van der Waals surface area contributed by atoms with Crippen LogP contribution in [0.25, 0.3) is 22.4 Å². The summed E-state index contributed by atoms with van der Waals surface area (Å²) in [4.78, 5) is 0. The molecule has 23 heavy (non-hydrogen) atoms. The van der Waals surface area contributed by atoms with E-state index in [-0.39, 0.29) is 6.61 Å². The van der Waals surface area contributed by atoms with Crippen molar-refractivity contribution >= 4 is 11.0 Å². The van der Waals surface area contributed by atoms with E-state index in [1.54, 1.807) is 0 Å². The summed E-state index contributed by atoms with van der Waals surface area (Å²) in [6, 6.07) is 10.0. The summed E-state index contributed by atoms with van der Waals surface area (Å²) in [5.41, 5.74) is 2.87. The quantitative estimate of drug-likeness (QED) is 0.704. The zero-order valence-corrected chi connectivity index (χ0v) is 13.6. The van der Waals surface area contributed by atoms with Crippen molar-refractivity contribution in [1.82, 2.24) is 15.1 Å². The largest absolute Gasteiger partial charge is 0.454 e. The maximum absolute atomic E-state index is 8.96. The molecule has 2 heterocycles. The summed E-state index contributed by atoms with van der Waals surface area (Å²) in [6.07, 6.45) is 2.84. The molecule has 0 saturated heterocycles. The highest BCUT2D eigenvalue weighted by molar-refractivity contribution is 5.82. The van der Waals surface area contributed by atoms with Crippen LogP contribution < -0.4 is 5.32 Å². The highest BCUT2D eigenvalue weighted by atomic mass is 16.3. The van der Waals surface area contributed by atoms with Crippen LogP contribution in [-0.2, 0) is 13.6 Å². The SMILES string of the molecule is CC(CCO)CNCc1cn(C)nc1-c1cc2ccccc2o1. The molecule has 0 aliphatic heterocycles. The molecule has 0 aliphatic carbocycles. The van der Waals surface area contributed by atoms with Crippen molar-refractivity contribution in [3.63, 3.8) is 0 Å². The number of aromatic nitrogens is 2. The standard InChI is InChI=1S/C18H23N3O2/c1-13(7-8-22)10-19-11-15-12-21(2)20-18(15)17-9-14-5-3-4-6-16(14)23-17/h3-6,9,12-13,19,22H,7-8,10-11H2,1-2H3. The predicted octanol–water partition coefficient (Wildman–Crippen LogP) is 2.94. The first-order valence-electron chi connectivity index (χ1n) is 8.00. The van der Waals surface area contributed by atoms with Crippen molar-refractivity contribution < 1.29 is 9.52 Å². The van der Waals surface area contributed by atoms with Crippen LogP contribution in [0.1, 0.15) is 18.9 Å². The van der Waals surface area contributed by atoms with E-state index >= 15 is 0 Å². The van der Waals surface area contributed by atoms with Crippen molar-refractivity contribution in [2.75, 3.05) is 13.2 Å². The monoisotopic (exact) mass is 313 g/mol. The van der Waals surface area contributed by atoms with Gasteiger partial charge in [-0.2, -0.15) is 5.10 Å². The number of fused-ring (bicyclic) bond motifs is 1. The van der Waals surface area contributed by atoms with Crippen LogP contribution in [-0.4, -0.2) is 28.0 Å². The third-order valence-corrected chi connectivity index (χ3v) is 3.99. The van der Waals surface area contributed by atoms with E-state index in [9.17, 15) is 0 Å². The van der Waals surface area contributed by atoms with E-state index in [1.807, 2.05) is 48.3 Å². The number of para-hydroxylation sites is 1. The molecule has 1 unspecified atom stereocenters. The molecule has 0 spiro atoms. The van der Waals surface area contributed by atoms with Crippen LogP contribution in [0.5, 0.6) is 0 Å². The zero-order chi connectivity index (χ0) is 16.2. The molecule has 5 nitrogen and oxygen atoms in total. The van der Waals surface area contributed by atoms with Gasteiger partial charge in [0.15, 0.2) is 5.76 Å². The van der Waals surface area contributed by atoms with Crippen LogP contribution >= 0.6 is 0 Å². The van der Waals surface area contributed by atoms with Crippen molar-refractivity contribution in [3.8, 4) is 11.5 Å². The topological polar surface area (TPSA) is 63.2 Å². The second-order valence-corrected chi connectivity index (χ2v) is 6.07. The van der Waals surface area contributed by atoms with Gasteiger partial charge in [0.05, 0.1) is 0 Å². The van der Waals surface area contributed by atoms with Gasteiger partial charge in [-0.3, -0.25) is 4.68 Å². The summed E-state index contributed by atoms with van der Waals surface area (Å²) in [5, 5.41) is 18.0. The first-order valence-corrected chi connectivity index (χ1v) is 8.00. The van der Waals surface area contributed by atoms with Crippen LogP contribution in [0.4, 0.5) is 0 Å². The maximum atomic E-state index is 8.96. The number of hydrogen-bond acceptors (Lipinski definition) is 4. The Hall–Kier alpha value is -2.11. The molecule has 2 aromatic heterocycles. The molecular formula is C18H23N3O2. The lowest BCUT2D eigenvalue weighted by atomic mass is 10.1. The summed E-state index contributed by atoms with van der Waals surface area (Å²) in [6.45, 7) is 3.97.